The highest BCUT2D eigenvalue weighted by atomic mass is 14.9. The van der Waals surface area contributed by atoms with Crippen LogP contribution in [-0.4, -0.2) is 0 Å². The highest BCUT2D eigenvalue weighted by molar-refractivity contribution is 5.61. The lowest BCUT2D eigenvalue weighted by atomic mass is 10.0. The molecule has 0 aliphatic heterocycles. The van der Waals surface area contributed by atoms with E-state index in [9.17, 15) is 5.26 Å². The molecule has 2 aromatic rings. The second kappa shape index (κ2) is 5.38. The van der Waals surface area contributed by atoms with E-state index < -0.39 is 0 Å². The van der Waals surface area contributed by atoms with Crippen LogP contribution in [0.5, 0.6) is 0 Å². The molecular weight excluding hydrogens is 244 g/mol. The Kier molecular flexibility index (Phi) is 3.43. The lowest BCUT2D eigenvalue weighted by Crippen LogP contribution is -2.14. The third-order valence-corrected chi connectivity index (χ3v) is 3.95. The molecule has 0 radical (unpaired) electrons. The van der Waals surface area contributed by atoms with E-state index in [-0.39, 0.29) is 0 Å². The Hall–Kier alpha value is -2.27. The molecule has 0 bridgehead atoms. The molecule has 0 amide bonds. The minimum Gasteiger partial charge on any atom is -0.377 e. The summed E-state index contributed by atoms with van der Waals surface area (Å²) in [4.78, 5) is 0. The lowest BCUT2D eigenvalue weighted by molar-refractivity contribution is 0.679. The number of benzene rings is 2. The molecule has 20 heavy (non-hydrogen) atoms. The Morgan fingerprint density at radius 2 is 1.85 bits per heavy atom. The first-order chi connectivity index (χ1) is 9.79. The van der Waals surface area contributed by atoms with Crippen molar-refractivity contribution in [1.82, 2.24) is 0 Å². The SMILES string of the molecule is Cc1cccc(NC(c2ccccc2)C2CC2)c1C#N. The molecule has 2 aromatic carbocycles. The average molecular weight is 262 g/mol. The van der Waals surface area contributed by atoms with Gasteiger partial charge in [0, 0.05) is 0 Å². The summed E-state index contributed by atoms with van der Waals surface area (Å²) in [6, 6.07) is 19.1. The van der Waals surface area contributed by atoms with Crippen LogP contribution in [0.4, 0.5) is 5.69 Å². The van der Waals surface area contributed by atoms with Crippen LogP contribution >= 0.6 is 0 Å². The monoisotopic (exact) mass is 262 g/mol. The molecule has 1 atom stereocenters. The van der Waals surface area contributed by atoms with Gasteiger partial charge in [0.15, 0.2) is 0 Å². The van der Waals surface area contributed by atoms with E-state index in [4.69, 9.17) is 0 Å². The van der Waals surface area contributed by atoms with Crippen LogP contribution < -0.4 is 5.32 Å². The lowest BCUT2D eigenvalue weighted by Gasteiger charge is -2.21. The summed E-state index contributed by atoms with van der Waals surface area (Å²) >= 11 is 0. The molecule has 3 rings (SSSR count). The minimum atomic E-state index is 0.310. The van der Waals surface area contributed by atoms with Gasteiger partial charge in [-0.3, -0.25) is 0 Å². The van der Waals surface area contributed by atoms with Crippen LogP contribution in [-0.2, 0) is 0 Å². The van der Waals surface area contributed by atoms with Gasteiger partial charge in [0.1, 0.15) is 6.07 Å². The zero-order chi connectivity index (χ0) is 13.9. The number of anilines is 1. The quantitative estimate of drug-likeness (QED) is 0.884. The first-order valence-corrected chi connectivity index (χ1v) is 7.11. The number of nitriles is 1. The van der Waals surface area contributed by atoms with E-state index in [0.717, 1.165) is 16.8 Å². The zero-order valence-corrected chi connectivity index (χ0v) is 11.6. The Morgan fingerprint density at radius 3 is 2.50 bits per heavy atom. The molecule has 1 N–H and O–H groups in total. The van der Waals surface area contributed by atoms with Crippen LogP contribution in [0.2, 0.25) is 0 Å². The number of hydrogen-bond donors (Lipinski definition) is 1. The van der Waals surface area contributed by atoms with Gasteiger partial charge in [-0.25, -0.2) is 0 Å². The van der Waals surface area contributed by atoms with E-state index in [2.05, 4.69) is 35.7 Å². The molecular formula is C18H18N2. The molecule has 0 saturated heterocycles. The molecule has 0 spiro atoms. The van der Waals surface area contributed by atoms with E-state index in [0.29, 0.717) is 12.0 Å². The van der Waals surface area contributed by atoms with Gasteiger partial charge in [-0.2, -0.15) is 5.26 Å². The molecule has 1 aliphatic carbocycles. The van der Waals surface area contributed by atoms with Gasteiger partial charge in [-0.05, 0) is 42.9 Å². The molecule has 1 unspecified atom stereocenters. The molecule has 0 aromatic heterocycles. The van der Waals surface area contributed by atoms with Crippen molar-refractivity contribution in [2.24, 2.45) is 5.92 Å². The normalized spacial score (nSPS) is 15.4. The number of nitrogens with zero attached hydrogens (tertiary/aromatic N) is 1. The summed E-state index contributed by atoms with van der Waals surface area (Å²) in [6.07, 6.45) is 2.53. The van der Waals surface area contributed by atoms with Crippen LogP contribution in [0.25, 0.3) is 0 Å². The van der Waals surface area contributed by atoms with Crippen molar-refractivity contribution in [3.63, 3.8) is 0 Å². The smallest absolute Gasteiger partial charge is 0.102 e. The van der Waals surface area contributed by atoms with Gasteiger partial charge in [-0.15, -0.1) is 0 Å². The van der Waals surface area contributed by atoms with Crippen LogP contribution in [0.15, 0.2) is 48.5 Å². The Balaban J connectivity index is 1.92. The molecule has 1 saturated carbocycles. The summed E-state index contributed by atoms with van der Waals surface area (Å²) in [5, 5.41) is 12.9. The third-order valence-electron chi connectivity index (χ3n) is 3.95. The van der Waals surface area contributed by atoms with E-state index in [1.807, 2.05) is 31.2 Å². The fraction of sp³-hybridized carbons (Fsp3) is 0.278. The maximum absolute atomic E-state index is 9.35. The van der Waals surface area contributed by atoms with Crippen molar-refractivity contribution in [3.8, 4) is 6.07 Å². The van der Waals surface area contributed by atoms with E-state index in [1.54, 1.807) is 0 Å². The standard InChI is InChI=1S/C18H18N2/c1-13-6-5-9-17(16(13)12-19)20-18(15-10-11-15)14-7-3-2-4-8-14/h2-9,15,18,20H,10-11H2,1H3. The van der Waals surface area contributed by atoms with Crippen LogP contribution in [0.3, 0.4) is 0 Å². The highest BCUT2D eigenvalue weighted by Crippen LogP contribution is 2.43. The summed E-state index contributed by atoms with van der Waals surface area (Å²) in [5.41, 5.74) is 4.04. The van der Waals surface area contributed by atoms with Crippen molar-refractivity contribution in [3.05, 3.63) is 65.2 Å². The second-order valence-electron chi connectivity index (χ2n) is 5.48. The summed E-state index contributed by atoms with van der Waals surface area (Å²) < 4.78 is 0. The zero-order valence-electron chi connectivity index (χ0n) is 11.6. The van der Waals surface area contributed by atoms with E-state index >= 15 is 0 Å². The molecule has 100 valence electrons. The molecule has 2 heteroatoms. The summed E-state index contributed by atoms with van der Waals surface area (Å²) in [5.74, 6) is 0.685. The number of hydrogen-bond acceptors (Lipinski definition) is 2. The highest BCUT2D eigenvalue weighted by Gasteiger charge is 2.32. The van der Waals surface area contributed by atoms with Gasteiger partial charge in [0.05, 0.1) is 17.3 Å². The van der Waals surface area contributed by atoms with Gasteiger partial charge in [0.25, 0.3) is 0 Å². The first kappa shape index (κ1) is 12.7. The van der Waals surface area contributed by atoms with Gasteiger partial charge in [0.2, 0.25) is 0 Å². The summed E-state index contributed by atoms with van der Waals surface area (Å²) in [7, 11) is 0. The Bertz CT molecular complexity index is 636. The topological polar surface area (TPSA) is 35.8 Å². The fourth-order valence-electron chi connectivity index (χ4n) is 2.67. The number of rotatable bonds is 4. The van der Waals surface area contributed by atoms with Crippen molar-refractivity contribution in [1.29, 1.82) is 5.26 Å². The number of nitrogens with one attached hydrogen (secondary N) is 1. The third kappa shape index (κ3) is 2.53. The fourth-order valence-corrected chi connectivity index (χ4v) is 2.67. The maximum atomic E-state index is 9.35. The predicted octanol–water partition coefficient (Wildman–Crippen LogP) is 4.43. The average Bonchev–Trinajstić information content (AvgIpc) is 3.30. The largest absolute Gasteiger partial charge is 0.377 e. The van der Waals surface area contributed by atoms with Crippen molar-refractivity contribution in [2.45, 2.75) is 25.8 Å². The Labute approximate surface area is 120 Å². The van der Waals surface area contributed by atoms with Crippen LogP contribution in [0, 0.1) is 24.2 Å². The number of aryl methyl sites for hydroxylation is 1. The Morgan fingerprint density at radius 1 is 1.10 bits per heavy atom. The van der Waals surface area contributed by atoms with Gasteiger partial charge in [-0.1, -0.05) is 42.5 Å². The minimum absolute atomic E-state index is 0.310. The van der Waals surface area contributed by atoms with Crippen molar-refractivity contribution >= 4 is 5.69 Å². The van der Waals surface area contributed by atoms with Crippen LogP contribution in [0.1, 0.15) is 35.6 Å². The van der Waals surface area contributed by atoms with Crippen molar-refractivity contribution in [2.75, 3.05) is 5.32 Å². The summed E-state index contributed by atoms with van der Waals surface area (Å²) in [6.45, 7) is 1.98. The maximum Gasteiger partial charge on any atom is 0.102 e. The van der Waals surface area contributed by atoms with Crippen molar-refractivity contribution < 1.29 is 0 Å². The molecule has 1 aliphatic rings. The second-order valence-corrected chi connectivity index (χ2v) is 5.48. The molecule has 2 nitrogen and oxygen atoms in total. The molecule has 0 heterocycles. The van der Waals surface area contributed by atoms with E-state index in [1.165, 1.54) is 18.4 Å². The predicted molar refractivity (Wildman–Crippen MR) is 81.4 cm³/mol. The first-order valence-electron chi connectivity index (χ1n) is 7.11. The van der Waals surface area contributed by atoms with Gasteiger partial charge < -0.3 is 5.32 Å². The van der Waals surface area contributed by atoms with Gasteiger partial charge >= 0.3 is 0 Å². The molecule has 1 fully saturated rings.